The highest BCUT2D eigenvalue weighted by molar-refractivity contribution is 7.91. The van der Waals surface area contributed by atoms with Gasteiger partial charge in [0.05, 0.1) is 11.5 Å². The lowest BCUT2D eigenvalue weighted by Crippen LogP contribution is -2.30. The topological polar surface area (TPSA) is 46.2 Å². The van der Waals surface area contributed by atoms with E-state index in [9.17, 15) is 17.2 Å². The zero-order chi connectivity index (χ0) is 12.5. The number of hydrogen-bond acceptors (Lipinski definition) is 3. The molecule has 1 aromatic rings. The van der Waals surface area contributed by atoms with E-state index in [-0.39, 0.29) is 29.7 Å². The SMILES string of the molecule is O=S1(=O)CC[C@@H](NCc2c(F)cccc2F)C1. The number of nitrogens with one attached hydrogen (secondary N) is 1. The van der Waals surface area contributed by atoms with Crippen LogP contribution in [0.1, 0.15) is 12.0 Å². The minimum Gasteiger partial charge on any atom is -0.309 e. The highest BCUT2D eigenvalue weighted by Crippen LogP contribution is 2.15. The molecular formula is C11H13F2NO2S. The molecule has 0 aromatic heterocycles. The molecule has 0 amide bonds. The minimum absolute atomic E-state index is 0.0126. The van der Waals surface area contributed by atoms with Crippen molar-refractivity contribution in [2.75, 3.05) is 11.5 Å². The molecule has 1 N–H and O–H groups in total. The Bertz CT molecular complexity index is 496. The Balaban J connectivity index is 1.99. The lowest BCUT2D eigenvalue weighted by atomic mass is 10.1. The van der Waals surface area contributed by atoms with Crippen LogP contribution in [-0.4, -0.2) is 26.0 Å². The Morgan fingerprint density at radius 2 is 1.94 bits per heavy atom. The summed E-state index contributed by atoms with van der Waals surface area (Å²) in [4.78, 5) is 0. The molecule has 0 spiro atoms. The second kappa shape index (κ2) is 4.70. The van der Waals surface area contributed by atoms with Gasteiger partial charge >= 0.3 is 0 Å². The van der Waals surface area contributed by atoms with E-state index in [0.717, 1.165) is 0 Å². The fraction of sp³-hybridized carbons (Fsp3) is 0.455. The average molecular weight is 261 g/mol. The second-order valence-corrected chi connectivity index (χ2v) is 6.41. The van der Waals surface area contributed by atoms with Crippen LogP contribution in [0.4, 0.5) is 8.78 Å². The summed E-state index contributed by atoms with van der Waals surface area (Å²) in [5, 5.41) is 2.88. The molecule has 1 atom stereocenters. The Morgan fingerprint density at radius 3 is 2.47 bits per heavy atom. The van der Waals surface area contributed by atoms with Crippen LogP contribution in [-0.2, 0) is 16.4 Å². The van der Waals surface area contributed by atoms with Crippen molar-refractivity contribution in [1.29, 1.82) is 0 Å². The lowest BCUT2D eigenvalue weighted by molar-refractivity contribution is 0.503. The molecule has 94 valence electrons. The molecule has 3 nitrogen and oxygen atoms in total. The van der Waals surface area contributed by atoms with E-state index < -0.39 is 21.5 Å². The quantitative estimate of drug-likeness (QED) is 0.890. The van der Waals surface area contributed by atoms with Gasteiger partial charge in [0.25, 0.3) is 0 Å². The summed E-state index contributed by atoms with van der Waals surface area (Å²) in [6.45, 7) is 0.0126. The van der Waals surface area contributed by atoms with Crippen molar-refractivity contribution in [3.63, 3.8) is 0 Å². The van der Waals surface area contributed by atoms with Crippen LogP contribution in [0.25, 0.3) is 0 Å². The van der Waals surface area contributed by atoms with Gasteiger partial charge in [0.15, 0.2) is 9.84 Å². The van der Waals surface area contributed by atoms with Gasteiger partial charge in [-0.2, -0.15) is 0 Å². The summed E-state index contributed by atoms with van der Waals surface area (Å²) in [6.07, 6.45) is 0.498. The third-order valence-corrected chi connectivity index (χ3v) is 4.63. The van der Waals surface area contributed by atoms with Crippen molar-refractivity contribution < 1.29 is 17.2 Å². The fourth-order valence-corrected chi connectivity index (χ4v) is 3.61. The highest BCUT2D eigenvalue weighted by Gasteiger charge is 2.27. The fourth-order valence-electron chi connectivity index (χ4n) is 1.90. The first kappa shape index (κ1) is 12.4. The second-order valence-electron chi connectivity index (χ2n) is 4.18. The molecule has 1 saturated heterocycles. The molecule has 0 bridgehead atoms. The Labute approximate surface area is 98.8 Å². The third-order valence-electron chi connectivity index (χ3n) is 2.86. The van der Waals surface area contributed by atoms with Gasteiger partial charge in [-0.25, -0.2) is 17.2 Å². The van der Waals surface area contributed by atoms with Crippen molar-refractivity contribution in [1.82, 2.24) is 5.32 Å². The van der Waals surface area contributed by atoms with Gasteiger partial charge in [-0.1, -0.05) is 6.07 Å². The number of hydrogen-bond donors (Lipinski definition) is 1. The number of benzene rings is 1. The smallest absolute Gasteiger partial charge is 0.151 e. The molecule has 17 heavy (non-hydrogen) atoms. The average Bonchev–Trinajstić information content (AvgIpc) is 2.57. The van der Waals surface area contributed by atoms with E-state index in [0.29, 0.717) is 6.42 Å². The molecule has 1 aliphatic rings. The normalized spacial score (nSPS) is 22.8. The van der Waals surface area contributed by atoms with Crippen LogP contribution in [0.3, 0.4) is 0 Å². The summed E-state index contributed by atoms with van der Waals surface area (Å²) in [5.41, 5.74) is -0.0446. The molecule has 1 aliphatic heterocycles. The van der Waals surface area contributed by atoms with Gasteiger partial charge in [-0.3, -0.25) is 0 Å². The van der Waals surface area contributed by atoms with Crippen LogP contribution in [0.5, 0.6) is 0 Å². The lowest BCUT2D eigenvalue weighted by Gasteiger charge is -2.11. The number of halogens is 2. The van der Waals surface area contributed by atoms with Crippen molar-refractivity contribution in [3.8, 4) is 0 Å². The van der Waals surface area contributed by atoms with E-state index in [2.05, 4.69) is 5.32 Å². The molecule has 1 fully saturated rings. The summed E-state index contributed by atoms with van der Waals surface area (Å²) in [5.74, 6) is -1.04. The molecular weight excluding hydrogens is 248 g/mol. The van der Waals surface area contributed by atoms with Crippen LogP contribution in [0, 0.1) is 11.6 Å². The molecule has 0 unspecified atom stereocenters. The Morgan fingerprint density at radius 1 is 1.29 bits per heavy atom. The maximum atomic E-state index is 13.3. The molecule has 0 aliphatic carbocycles. The number of sulfone groups is 1. The van der Waals surface area contributed by atoms with E-state index in [1.807, 2.05) is 0 Å². The van der Waals surface area contributed by atoms with E-state index in [1.165, 1.54) is 18.2 Å². The van der Waals surface area contributed by atoms with Crippen molar-refractivity contribution in [2.24, 2.45) is 0 Å². The molecule has 1 aromatic carbocycles. The first-order valence-electron chi connectivity index (χ1n) is 5.34. The standard InChI is InChI=1S/C11H13F2NO2S/c12-10-2-1-3-11(13)9(10)6-14-8-4-5-17(15,16)7-8/h1-3,8,14H,4-7H2/t8-/m1/s1. The predicted molar refractivity (Wildman–Crippen MR) is 60.3 cm³/mol. The van der Waals surface area contributed by atoms with Crippen LogP contribution < -0.4 is 5.32 Å². The van der Waals surface area contributed by atoms with E-state index in [1.54, 1.807) is 0 Å². The Kier molecular flexibility index (Phi) is 3.44. The Hall–Kier alpha value is -1.01. The molecule has 0 radical (unpaired) electrons. The van der Waals surface area contributed by atoms with Gasteiger partial charge in [-0.05, 0) is 18.6 Å². The van der Waals surface area contributed by atoms with Crippen LogP contribution in [0.2, 0.25) is 0 Å². The van der Waals surface area contributed by atoms with Gasteiger partial charge in [0.1, 0.15) is 11.6 Å². The van der Waals surface area contributed by atoms with E-state index >= 15 is 0 Å². The summed E-state index contributed by atoms with van der Waals surface area (Å²) >= 11 is 0. The van der Waals surface area contributed by atoms with E-state index in [4.69, 9.17) is 0 Å². The first-order chi connectivity index (χ1) is 7.98. The molecule has 1 heterocycles. The van der Waals surface area contributed by atoms with Gasteiger partial charge in [-0.15, -0.1) is 0 Å². The summed E-state index contributed by atoms with van der Waals surface area (Å²) in [6, 6.07) is 3.46. The summed E-state index contributed by atoms with van der Waals surface area (Å²) in [7, 11) is -2.97. The molecule has 2 rings (SSSR count). The van der Waals surface area contributed by atoms with Crippen LogP contribution >= 0.6 is 0 Å². The van der Waals surface area contributed by atoms with Crippen molar-refractivity contribution >= 4 is 9.84 Å². The zero-order valence-corrected chi connectivity index (χ0v) is 9.93. The monoisotopic (exact) mass is 261 g/mol. The molecule has 0 saturated carbocycles. The third kappa shape index (κ3) is 3.01. The van der Waals surface area contributed by atoms with Crippen molar-refractivity contribution in [3.05, 3.63) is 35.4 Å². The number of rotatable bonds is 3. The first-order valence-corrected chi connectivity index (χ1v) is 7.17. The molecule has 6 heteroatoms. The largest absolute Gasteiger partial charge is 0.309 e. The van der Waals surface area contributed by atoms with Crippen LogP contribution in [0.15, 0.2) is 18.2 Å². The summed E-state index contributed by atoms with van der Waals surface area (Å²) < 4.78 is 49.0. The zero-order valence-electron chi connectivity index (χ0n) is 9.12. The van der Waals surface area contributed by atoms with Crippen molar-refractivity contribution in [2.45, 2.75) is 19.0 Å². The van der Waals surface area contributed by atoms with Gasteiger partial charge < -0.3 is 5.32 Å². The maximum Gasteiger partial charge on any atom is 0.151 e. The van der Waals surface area contributed by atoms with Gasteiger partial charge in [0, 0.05) is 18.2 Å². The highest BCUT2D eigenvalue weighted by atomic mass is 32.2. The maximum absolute atomic E-state index is 13.3. The minimum atomic E-state index is -2.97. The predicted octanol–water partition coefficient (Wildman–Crippen LogP) is 1.24. The van der Waals surface area contributed by atoms with Gasteiger partial charge in [0.2, 0.25) is 0 Å².